The maximum absolute atomic E-state index is 11.5. The Morgan fingerprint density at radius 2 is 1.55 bits per heavy atom. The van der Waals surface area contributed by atoms with Gasteiger partial charge in [0.2, 0.25) is 0 Å². The van der Waals surface area contributed by atoms with E-state index in [2.05, 4.69) is 6.92 Å². The normalized spacial score (nSPS) is 12.1. The summed E-state index contributed by atoms with van der Waals surface area (Å²) in [4.78, 5) is 11.5. The first kappa shape index (κ1) is 14.1. The lowest BCUT2D eigenvalue weighted by atomic mass is 9.91. The Bertz CT molecular complexity index is 570. The third-order valence-electron chi connectivity index (χ3n) is 3.46. The quantitative estimate of drug-likeness (QED) is 0.875. The first-order chi connectivity index (χ1) is 9.60. The Hall–Kier alpha value is -2.29. The molecule has 0 aliphatic carbocycles. The van der Waals surface area contributed by atoms with Crippen molar-refractivity contribution in [1.82, 2.24) is 0 Å². The minimum Gasteiger partial charge on any atom is -0.508 e. The number of hydrogen-bond acceptors (Lipinski definition) is 2. The van der Waals surface area contributed by atoms with Gasteiger partial charge < -0.3 is 10.2 Å². The number of carbonyl (C=O) groups is 1. The van der Waals surface area contributed by atoms with Gasteiger partial charge in [-0.3, -0.25) is 4.79 Å². The first-order valence-electron chi connectivity index (χ1n) is 6.69. The average Bonchev–Trinajstić information content (AvgIpc) is 2.46. The molecule has 1 atom stereocenters. The Labute approximate surface area is 118 Å². The summed E-state index contributed by atoms with van der Waals surface area (Å²) in [6.07, 6.45) is 1.36. The maximum Gasteiger partial charge on any atom is 0.311 e. The van der Waals surface area contributed by atoms with Crippen LogP contribution in [0.25, 0.3) is 0 Å². The molecule has 1 unspecified atom stereocenters. The number of aryl methyl sites for hydroxylation is 1. The fourth-order valence-corrected chi connectivity index (χ4v) is 2.20. The van der Waals surface area contributed by atoms with Crippen LogP contribution in [-0.2, 0) is 17.6 Å². The van der Waals surface area contributed by atoms with Crippen LogP contribution in [0, 0.1) is 0 Å². The molecule has 2 N–H and O–H groups in total. The highest BCUT2D eigenvalue weighted by Crippen LogP contribution is 2.23. The van der Waals surface area contributed by atoms with Crippen molar-refractivity contribution >= 4 is 5.97 Å². The lowest BCUT2D eigenvalue weighted by Crippen LogP contribution is -2.14. The molecule has 20 heavy (non-hydrogen) atoms. The minimum absolute atomic E-state index is 0.188. The van der Waals surface area contributed by atoms with Gasteiger partial charge in [0.05, 0.1) is 5.92 Å². The molecule has 0 saturated heterocycles. The van der Waals surface area contributed by atoms with Gasteiger partial charge in [0, 0.05) is 0 Å². The summed E-state index contributed by atoms with van der Waals surface area (Å²) in [6, 6.07) is 14.4. The van der Waals surface area contributed by atoms with Gasteiger partial charge in [-0.2, -0.15) is 0 Å². The third kappa shape index (κ3) is 3.38. The molecule has 0 aliphatic rings. The molecule has 2 aromatic rings. The lowest BCUT2D eigenvalue weighted by Gasteiger charge is -2.13. The summed E-state index contributed by atoms with van der Waals surface area (Å²) in [5.41, 5.74) is 2.90. The first-order valence-corrected chi connectivity index (χ1v) is 6.69. The molecular formula is C17H18O3. The van der Waals surface area contributed by atoms with Crippen molar-refractivity contribution in [3.05, 3.63) is 65.2 Å². The van der Waals surface area contributed by atoms with Gasteiger partial charge in [0.15, 0.2) is 0 Å². The van der Waals surface area contributed by atoms with E-state index in [9.17, 15) is 15.0 Å². The van der Waals surface area contributed by atoms with Gasteiger partial charge >= 0.3 is 5.97 Å². The smallest absolute Gasteiger partial charge is 0.311 e. The molecule has 2 rings (SSSR count). The Balaban J connectivity index is 2.22. The minimum atomic E-state index is -0.831. The summed E-state index contributed by atoms with van der Waals surface area (Å²) in [6.45, 7) is 2.07. The van der Waals surface area contributed by atoms with E-state index in [1.165, 1.54) is 5.56 Å². The summed E-state index contributed by atoms with van der Waals surface area (Å²) in [7, 11) is 0. The topological polar surface area (TPSA) is 57.5 Å². The second kappa shape index (κ2) is 6.24. The Morgan fingerprint density at radius 3 is 2.05 bits per heavy atom. The SMILES string of the molecule is CCc1ccc(C(Cc2ccc(O)cc2)C(=O)O)cc1. The van der Waals surface area contributed by atoms with Crippen molar-refractivity contribution in [1.29, 1.82) is 0 Å². The molecule has 0 aromatic heterocycles. The van der Waals surface area contributed by atoms with E-state index in [4.69, 9.17) is 0 Å². The molecule has 0 amide bonds. The summed E-state index contributed by atoms with van der Waals surface area (Å²) < 4.78 is 0. The predicted octanol–water partition coefficient (Wildman–Crippen LogP) is 3.37. The highest BCUT2D eigenvalue weighted by atomic mass is 16.4. The largest absolute Gasteiger partial charge is 0.508 e. The molecule has 0 spiro atoms. The molecule has 3 heteroatoms. The van der Waals surface area contributed by atoms with Crippen LogP contribution in [0.1, 0.15) is 29.5 Å². The van der Waals surface area contributed by atoms with E-state index < -0.39 is 11.9 Å². The third-order valence-corrected chi connectivity index (χ3v) is 3.46. The van der Waals surface area contributed by atoms with E-state index in [0.29, 0.717) is 6.42 Å². The van der Waals surface area contributed by atoms with E-state index in [1.807, 2.05) is 24.3 Å². The van der Waals surface area contributed by atoms with Crippen LogP contribution in [0.2, 0.25) is 0 Å². The van der Waals surface area contributed by atoms with Gasteiger partial charge in [-0.25, -0.2) is 0 Å². The summed E-state index contributed by atoms with van der Waals surface area (Å²) in [5.74, 6) is -1.21. The Kier molecular flexibility index (Phi) is 4.41. The molecule has 0 bridgehead atoms. The molecule has 2 aromatic carbocycles. The van der Waals surface area contributed by atoms with Crippen LogP contribution >= 0.6 is 0 Å². The number of carboxylic acid groups (broad SMARTS) is 1. The number of aliphatic carboxylic acids is 1. The van der Waals surface area contributed by atoms with Crippen LogP contribution in [-0.4, -0.2) is 16.2 Å². The van der Waals surface area contributed by atoms with Crippen LogP contribution in [0.15, 0.2) is 48.5 Å². The standard InChI is InChI=1S/C17H18O3/c1-2-12-3-7-14(8-4-12)16(17(19)20)11-13-5-9-15(18)10-6-13/h3-10,16,18H,2,11H2,1H3,(H,19,20). The van der Waals surface area contributed by atoms with Gasteiger partial charge in [-0.15, -0.1) is 0 Å². The van der Waals surface area contributed by atoms with E-state index in [-0.39, 0.29) is 5.75 Å². The van der Waals surface area contributed by atoms with Crippen molar-refractivity contribution in [2.45, 2.75) is 25.7 Å². The fraction of sp³-hybridized carbons (Fsp3) is 0.235. The molecular weight excluding hydrogens is 252 g/mol. The van der Waals surface area contributed by atoms with Crippen LogP contribution in [0.4, 0.5) is 0 Å². The van der Waals surface area contributed by atoms with Crippen LogP contribution in [0.3, 0.4) is 0 Å². The number of phenolic OH excluding ortho intramolecular Hbond substituents is 1. The second-order valence-corrected chi connectivity index (χ2v) is 4.86. The second-order valence-electron chi connectivity index (χ2n) is 4.86. The number of aromatic hydroxyl groups is 1. The van der Waals surface area contributed by atoms with Gasteiger partial charge in [-0.1, -0.05) is 43.3 Å². The van der Waals surface area contributed by atoms with Crippen molar-refractivity contribution in [2.24, 2.45) is 0 Å². The molecule has 3 nitrogen and oxygen atoms in total. The zero-order chi connectivity index (χ0) is 14.5. The van der Waals surface area contributed by atoms with Crippen molar-refractivity contribution in [2.75, 3.05) is 0 Å². The number of rotatable bonds is 5. The highest BCUT2D eigenvalue weighted by molar-refractivity contribution is 5.76. The van der Waals surface area contributed by atoms with Crippen molar-refractivity contribution < 1.29 is 15.0 Å². The molecule has 0 aliphatic heterocycles. The molecule has 0 fully saturated rings. The van der Waals surface area contributed by atoms with Gasteiger partial charge in [-0.05, 0) is 41.7 Å². The average molecular weight is 270 g/mol. The molecule has 0 radical (unpaired) electrons. The zero-order valence-corrected chi connectivity index (χ0v) is 11.4. The van der Waals surface area contributed by atoms with E-state index in [1.54, 1.807) is 24.3 Å². The summed E-state index contributed by atoms with van der Waals surface area (Å²) in [5, 5.41) is 18.7. The predicted molar refractivity (Wildman–Crippen MR) is 78.0 cm³/mol. The maximum atomic E-state index is 11.5. The lowest BCUT2D eigenvalue weighted by molar-refractivity contribution is -0.138. The highest BCUT2D eigenvalue weighted by Gasteiger charge is 2.20. The number of carboxylic acids is 1. The zero-order valence-electron chi connectivity index (χ0n) is 11.4. The fourth-order valence-electron chi connectivity index (χ4n) is 2.20. The molecule has 0 saturated carbocycles. The number of benzene rings is 2. The monoisotopic (exact) mass is 270 g/mol. The van der Waals surface area contributed by atoms with Crippen LogP contribution < -0.4 is 0 Å². The molecule has 104 valence electrons. The van der Waals surface area contributed by atoms with E-state index >= 15 is 0 Å². The van der Waals surface area contributed by atoms with Crippen molar-refractivity contribution in [3.8, 4) is 5.75 Å². The van der Waals surface area contributed by atoms with E-state index in [0.717, 1.165) is 17.5 Å². The van der Waals surface area contributed by atoms with Gasteiger partial charge in [0.1, 0.15) is 5.75 Å². The number of hydrogen-bond donors (Lipinski definition) is 2. The van der Waals surface area contributed by atoms with Crippen LogP contribution in [0.5, 0.6) is 5.75 Å². The van der Waals surface area contributed by atoms with Crippen molar-refractivity contribution in [3.63, 3.8) is 0 Å². The Morgan fingerprint density at radius 1 is 1.00 bits per heavy atom. The number of phenols is 1. The molecule has 0 heterocycles. The van der Waals surface area contributed by atoms with Gasteiger partial charge in [0.25, 0.3) is 0 Å². The summed E-state index contributed by atoms with van der Waals surface area (Å²) >= 11 is 0.